The highest BCUT2D eigenvalue weighted by molar-refractivity contribution is 5.86. The maximum absolute atomic E-state index is 12.9. The smallest absolute Gasteiger partial charge is 0.410 e. The van der Waals surface area contributed by atoms with E-state index in [1.807, 2.05) is 0 Å². The average molecular weight is 393 g/mol. The van der Waals surface area contributed by atoms with E-state index in [-0.39, 0.29) is 5.75 Å². The molecule has 0 spiro atoms. The van der Waals surface area contributed by atoms with Gasteiger partial charge in [-0.05, 0) is 42.0 Å². The minimum atomic E-state index is -1.51. The molecule has 0 radical (unpaired) electrons. The normalized spacial score (nSPS) is 27.2. The number of amides is 1. The van der Waals surface area contributed by atoms with E-state index in [1.54, 1.807) is 12.1 Å². The van der Waals surface area contributed by atoms with E-state index in [4.69, 9.17) is 9.47 Å². The zero-order chi connectivity index (χ0) is 20.3. The Morgan fingerprint density at radius 2 is 1.79 bits per heavy atom. The number of aliphatic hydroxyl groups is 4. The molecular weight excluding hydrogens is 373 g/mol. The molecule has 0 aromatic heterocycles. The monoisotopic (exact) mass is 393 g/mol. The van der Waals surface area contributed by atoms with Gasteiger partial charge in [0.25, 0.3) is 0 Å². The number of ether oxygens (including phenoxy) is 2. The Bertz CT molecular complexity index is 814. The van der Waals surface area contributed by atoms with Crippen LogP contribution in [0.1, 0.15) is 11.7 Å². The summed E-state index contributed by atoms with van der Waals surface area (Å²) in [5.74, 6) is -0.305. The van der Waals surface area contributed by atoms with Crippen LogP contribution in [-0.4, -0.2) is 57.5 Å². The van der Waals surface area contributed by atoms with Crippen molar-refractivity contribution in [3.05, 3.63) is 59.9 Å². The van der Waals surface area contributed by atoms with Crippen LogP contribution in [0.3, 0.4) is 0 Å². The Labute approximate surface area is 159 Å². The Kier molecular flexibility index (Phi) is 6.22. The number of halogens is 1. The van der Waals surface area contributed by atoms with E-state index >= 15 is 0 Å². The Balaban J connectivity index is 1.71. The number of aliphatic hydroxyl groups excluding tert-OH is 4. The first-order chi connectivity index (χ1) is 13.4. The molecule has 1 saturated heterocycles. The van der Waals surface area contributed by atoms with Crippen LogP contribution in [0, 0.1) is 5.82 Å². The number of hydrogen-bond acceptors (Lipinski definition) is 7. The number of anilines is 1. The number of hydrogen-bond donors (Lipinski definition) is 5. The second-order valence-corrected chi connectivity index (χ2v) is 6.34. The molecule has 1 heterocycles. The Hall–Kier alpha value is -2.56. The summed E-state index contributed by atoms with van der Waals surface area (Å²) in [6.45, 7) is -0.544. The second-order valence-electron chi connectivity index (χ2n) is 6.34. The highest BCUT2D eigenvalue weighted by Gasteiger charge is 2.44. The van der Waals surface area contributed by atoms with Crippen molar-refractivity contribution in [1.82, 2.24) is 0 Å². The highest BCUT2D eigenvalue weighted by atomic mass is 19.1. The summed E-state index contributed by atoms with van der Waals surface area (Å²) in [5, 5.41) is 41.7. The summed E-state index contributed by atoms with van der Waals surface area (Å²) in [6, 6.07) is 11.2. The van der Waals surface area contributed by atoms with Crippen LogP contribution in [0.4, 0.5) is 14.9 Å². The maximum Gasteiger partial charge on any atom is 0.417 e. The number of benzene rings is 2. The molecule has 5 N–H and O–H groups in total. The molecule has 0 bridgehead atoms. The van der Waals surface area contributed by atoms with Crippen LogP contribution >= 0.6 is 0 Å². The lowest BCUT2D eigenvalue weighted by atomic mass is 9.91. The highest BCUT2D eigenvalue weighted by Crippen LogP contribution is 2.33. The fourth-order valence-electron chi connectivity index (χ4n) is 2.92. The summed E-state index contributed by atoms with van der Waals surface area (Å²) in [6.07, 6.45) is -7.31. The number of carbonyl (C=O) groups is 1. The molecule has 0 aliphatic carbocycles. The zero-order valence-corrected chi connectivity index (χ0v) is 14.6. The molecule has 1 aliphatic rings. The average Bonchev–Trinajstić information content (AvgIpc) is 2.68. The van der Waals surface area contributed by atoms with Crippen molar-refractivity contribution in [2.45, 2.75) is 30.5 Å². The van der Waals surface area contributed by atoms with Crippen LogP contribution in [0.5, 0.6) is 5.75 Å². The number of carbonyl (C=O) groups excluding carboxylic acids is 1. The zero-order valence-electron chi connectivity index (χ0n) is 14.6. The third kappa shape index (κ3) is 4.46. The number of nitrogens with one attached hydrogen (secondary N) is 1. The minimum Gasteiger partial charge on any atom is -0.410 e. The summed E-state index contributed by atoms with van der Waals surface area (Å²) in [5.41, 5.74) is 0.723. The molecule has 1 fully saturated rings. The number of rotatable bonds is 4. The fraction of sp³-hybridized carbons (Fsp3) is 0.316. The molecule has 5 unspecified atom stereocenters. The predicted octanol–water partition coefficient (Wildman–Crippen LogP) is 0.951. The first-order valence-corrected chi connectivity index (χ1v) is 8.54. The standard InChI is InChI=1S/C19H20FNO7/c20-11-4-6-12(7-5-11)21-19(26)27-13-3-1-2-10(8-13)18-17(25)16(24)15(23)14(9-22)28-18/h1-8,14-18,22-25H,9H2,(H,21,26). The van der Waals surface area contributed by atoms with Crippen LogP contribution in [0.15, 0.2) is 48.5 Å². The lowest BCUT2D eigenvalue weighted by molar-refractivity contribution is -0.231. The lowest BCUT2D eigenvalue weighted by Gasteiger charge is -2.40. The first kappa shape index (κ1) is 20.2. The van der Waals surface area contributed by atoms with E-state index < -0.39 is 49.0 Å². The van der Waals surface area contributed by atoms with Crippen molar-refractivity contribution in [2.75, 3.05) is 11.9 Å². The molecule has 1 amide bonds. The third-order valence-corrected chi connectivity index (χ3v) is 4.38. The summed E-state index contributed by atoms with van der Waals surface area (Å²) >= 11 is 0. The quantitative estimate of drug-likeness (QED) is 0.523. The Morgan fingerprint density at radius 1 is 1.07 bits per heavy atom. The van der Waals surface area contributed by atoms with Gasteiger partial charge in [-0.3, -0.25) is 5.32 Å². The predicted molar refractivity (Wildman–Crippen MR) is 95.2 cm³/mol. The largest absolute Gasteiger partial charge is 0.417 e. The van der Waals surface area contributed by atoms with E-state index in [0.29, 0.717) is 11.3 Å². The van der Waals surface area contributed by atoms with Gasteiger partial charge in [-0.2, -0.15) is 0 Å². The van der Waals surface area contributed by atoms with Gasteiger partial charge in [0.15, 0.2) is 0 Å². The Morgan fingerprint density at radius 3 is 2.46 bits per heavy atom. The van der Waals surface area contributed by atoms with Crippen molar-refractivity contribution in [2.24, 2.45) is 0 Å². The molecule has 150 valence electrons. The van der Waals surface area contributed by atoms with Gasteiger partial charge < -0.3 is 29.9 Å². The molecule has 2 aromatic carbocycles. The third-order valence-electron chi connectivity index (χ3n) is 4.38. The van der Waals surface area contributed by atoms with E-state index in [1.165, 1.54) is 36.4 Å². The molecule has 8 nitrogen and oxygen atoms in total. The van der Waals surface area contributed by atoms with Crippen LogP contribution < -0.4 is 10.1 Å². The SMILES string of the molecule is O=C(Nc1ccc(F)cc1)Oc1cccc(C2OC(CO)C(O)C(O)C2O)c1. The van der Waals surface area contributed by atoms with Crippen LogP contribution in [0.2, 0.25) is 0 Å². The topological polar surface area (TPSA) is 128 Å². The molecule has 9 heteroatoms. The van der Waals surface area contributed by atoms with Gasteiger partial charge >= 0.3 is 6.09 Å². The van der Waals surface area contributed by atoms with Gasteiger partial charge in [-0.15, -0.1) is 0 Å². The second kappa shape index (κ2) is 8.63. The van der Waals surface area contributed by atoms with Gasteiger partial charge in [0.2, 0.25) is 0 Å². The first-order valence-electron chi connectivity index (χ1n) is 8.54. The van der Waals surface area contributed by atoms with Gasteiger partial charge in [-0.1, -0.05) is 12.1 Å². The van der Waals surface area contributed by atoms with E-state index in [0.717, 1.165) is 0 Å². The van der Waals surface area contributed by atoms with Gasteiger partial charge in [0.1, 0.15) is 42.1 Å². The van der Waals surface area contributed by atoms with Gasteiger partial charge in [0, 0.05) is 5.69 Å². The van der Waals surface area contributed by atoms with Crippen molar-refractivity contribution in [1.29, 1.82) is 0 Å². The van der Waals surface area contributed by atoms with Crippen molar-refractivity contribution >= 4 is 11.8 Å². The van der Waals surface area contributed by atoms with Crippen molar-refractivity contribution in [3.8, 4) is 5.75 Å². The van der Waals surface area contributed by atoms with E-state index in [9.17, 15) is 29.6 Å². The summed E-state index contributed by atoms with van der Waals surface area (Å²) in [4.78, 5) is 12.0. The molecule has 2 aromatic rings. The van der Waals surface area contributed by atoms with Crippen molar-refractivity contribution in [3.63, 3.8) is 0 Å². The van der Waals surface area contributed by atoms with E-state index in [2.05, 4.69) is 5.32 Å². The molecule has 3 rings (SSSR count). The molecule has 28 heavy (non-hydrogen) atoms. The van der Waals surface area contributed by atoms with Crippen LogP contribution in [0.25, 0.3) is 0 Å². The fourth-order valence-corrected chi connectivity index (χ4v) is 2.92. The van der Waals surface area contributed by atoms with Gasteiger partial charge in [0.05, 0.1) is 6.61 Å². The maximum atomic E-state index is 12.9. The minimum absolute atomic E-state index is 0.133. The summed E-state index contributed by atoms with van der Waals surface area (Å²) < 4.78 is 23.6. The van der Waals surface area contributed by atoms with Crippen LogP contribution in [-0.2, 0) is 4.74 Å². The van der Waals surface area contributed by atoms with Gasteiger partial charge in [-0.25, -0.2) is 9.18 Å². The molecule has 0 saturated carbocycles. The molecule has 5 atom stereocenters. The van der Waals surface area contributed by atoms with Crippen molar-refractivity contribution < 1.29 is 39.1 Å². The lowest BCUT2D eigenvalue weighted by Crippen LogP contribution is -2.55. The summed E-state index contributed by atoms with van der Waals surface area (Å²) in [7, 11) is 0. The molecule has 1 aliphatic heterocycles. The molecular formula is C19H20FNO7.